The molecule has 9 heavy (non-hydrogen) atoms. The van der Waals surface area contributed by atoms with Crippen molar-refractivity contribution in [2.75, 3.05) is 41.3 Å². The molecule has 0 saturated carbocycles. The number of rotatable bonds is 3. The summed E-state index contributed by atoms with van der Waals surface area (Å²) in [5.74, 6) is 0. The van der Waals surface area contributed by atoms with Crippen LogP contribution in [-0.2, 0) is 0 Å². The van der Waals surface area contributed by atoms with Crippen molar-refractivity contribution in [3.63, 3.8) is 0 Å². The van der Waals surface area contributed by atoms with Crippen LogP contribution in [0.15, 0.2) is 0 Å². The summed E-state index contributed by atoms with van der Waals surface area (Å²) in [6, 6.07) is 0. The van der Waals surface area contributed by atoms with Crippen molar-refractivity contribution in [1.82, 2.24) is 9.80 Å². The third-order valence-corrected chi connectivity index (χ3v) is 0.994. The third kappa shape index (κ3) is 11.9. The maximum Gasteiger partial charge on any atom is 0.0103 e. The van der Waals surface area contributed by atoms with E-state index in [1.807, 2.05) is 0 Å². The summed E-state index contributed by atoms with van der Waals surface area (Å²) in [7, 11) is 8.35. The Morgan fingerprint density at radius 2 is 1.00 bits per heavy atom. The average molecular weight is 123 g/mol. The van der Waals surface area contributed by atoms with E-state index in [1.165, 1.54) is 0 Å². The molecule has 0 aromatic heterocycles. The molecule has 0 aromatic carbocycles. The van der Waals surface area contributed by atoms with Crippen molar-refractivity contribution in [2.24, 2.45) is 0 Å². The van der Waals surface area contributed by atoms with Gasteiger partial charge in [0.15, 0.2) is 0 Å². The molecule has 1 radical (unpaired) electrons. The summed E-state index contributed by atoms with van der Waals surface area (Å²) in [5.41, 5.74) is 0. The molecule has 0 N–H and O–H groups in total. The topological polar surface area (TPSA) is 6.48 Å². The van der Waals surface area contributed by atoms with E-state index in [2.05, 4.69) is 38.0 Å². The van der Waals surface area contributed by atoms with Gasteiger partial charge in [0.05, 0.1) is 0 Å². The summed E-state index contributed by atoms with van der Waals surface area (Å²) in [6.45, 7) is 2.29. The number of hydrogen-bond acceptors (Lipinski definition) is 2. The molecule has 0 heterocycles. The fraction of sp³-hybridized carbons (Fsp3) is 1.00. The maximum absolute atomic E-state index is 2.18. The fourth-order valence-electron chi connectivity index (χ4n) is 0.400. The zero-order valence-electron chi connectivity index (χ0n) is 7.31. The molecular weight excluding hydrogens is 107 g/mol. The molecule has 0 unspecified atom stereocenters. The Morgan fingerprint density at radius 1 is 0.778 bits per heavy atom. The summed E-state index contributed by atoms with van der Waals surface area (Å²) < 4.78 is 0. The number of hydrogen-bond donors (Lipinski definition) is 0. The SMILES string of the molecule is CN(C)CCN(C)C.[Li]. The van der Waals surface area contributed by atoms with Crippen LogP contribution in [0.3, 0.4) is 0 Å². The molecule has 0 aromatic rings. The van der Waals surface area contributed by atoms with Gasteiger partial charge in [-0.05, 0) is 28.2 Å². The fourth-order valence-corrected chi connectivity index (χ4v) is 0.400. The van der Waals surface area contributed by atoms with Gasteiger partial charge in [-0.1, -0.05) is 0 Å². The predicted octanol–water partition coefficient (Wildman–Crippen LogP) is -0.271. The molecule has 0 aliphatic heterocycles. The van der Waals surface area contributed by atoms with Crippen LogP contribution in [-0.4, -0.2) is 69.9 Å². The second kappa shape index (κ2) is 6.63. The van der Waals surface area contributed by atoms with Gasteiger partial charge in [0.25, 0.3) is 0 Å². The van der Waals surface area contributed by atoms with Crippen LogP contribution in [0.5, 0.6) is 0 Å². The largest absolute Gasteiger partial charge is 0.308 e. The molecule has 0 rings (SSSR count). The predicted molar refractivity (Wildman–Crippen MR) is 42.9 cm³/mol. The Hall–Kier alpha value is 0.517. The maximum atomic E-state index is 2.18. The number of nitrogens with zero attached hydrogens (tertiary/aromatic N) is 2. The van der Waals surface area contributed by atoms with Crippen molar-refractivity contribution in [2.45, 2.75) is 0 Å². The first-order valence-electron chi connectivity index (χ1n) is 2.92. The Balaban J connectivity index is 0. The molecule has 0 amide bonds. The van der Waals surface area contributed by atoms with Crippen LogP contribution in [0.25, 0.3) is 0 Å². The van der Waals surface area contributed by atoms with E-state index in [0.717, 1.165) is 13.1 Å². The van der Waals surface area contributed by atoms with Crippen molar-refractivity contribution in [3.05, 3.63) is 0 Å². The van der Waals surface area contributed by atoms with Crippen LogP contribution in [0.4, 0.5) is 0 Å². The van der Waals surface area contributed by atoms with Crippen molar-refractivity contribution >= 4 is 18.9 Å². The van der Waals surface area contributed by atoms with Gasteiger partial charge in [-0.2, -0.15) is 0 Å². The summed E-state index contributed by atoms with van der Waals surface area (Å²) in [4.78, 5) is 4.36. The van der Waals surface area contributed by atoms with Gasteiger partial charge >= 0.3 is 0 Å². The first kappa shape index (κ1) is 12.2. The van der Waals surface area contributed by atoms with Gasteiger partial charge in [-0.15, -0.1) is 0 Å². The van der Waals surface area contributed by atoms with Crippen molar-refractivity contribution in [1.29, 1.82) is 0 Å². The quantitative estimate of drug-likeness (QED) is 0.477. The Labute approximate surface area is 70.4 Å². The molecular formula is C6H16LiN2. The minimum absolute atomic E-state index is 0. The van der Waals surface area contributed by atoms with E-state index >= 15 is 0 Å². The molecule has 0 aliphatic carbocycles. The Kier molecular flexibility index (Phi) is 9.01. The van der Waals surface area contributed by atoms with Gasteiger partial charge in [-0.3, -0.25) is 0 Å². The zero-order chi connectivity index (χ0) is 6.57. The first-order chi connectivity index (χ1) is 3.63. The summed E-state index contributed by atoms with van der Waals surface area (Å²) in [6.07, 6.45) is 0. The number of likely N-dealkylation sites (N-methyl/N-ethyl adjacent to an activating group) is 2. The zero-order valence-corrected chi connectivity index (χ0v) is 7.31. The van der Waals surface area contributed by atoms with Gasteiger partial charge in [0, 0.05) is 32.0 Å². The van der Waals surface area contributed by atoms with Crippen LogP contribution < -0.4 is 0 Å². The van der Waals surface area contributed by atoms with E-state index in [1.54, 1.807) is 0 Å². The van der Waals surface area contributed by atoms with Crippen molar-refractivity contribution in [3.8, 4) is 0 Å². The van der Waals surface area contributed by atoms with E-state index in [0.29, 0.717) is 0 Å². The first-order valence-corrected chi connectivity index (χ1v) is 2.92. The van der Waals surface area contributed by atoms with E-state index in [9.17, 15) is 0 Å². The van der Waals surface area contributed by atoms with E-state index in [4.69, 9.17) is 0 Å². The van der Waals surface area contributed by atoms with E-state index in [-0.39, 0.29) is 18.9 Å². The molecule has 0 spiro atoms. The smallest absolute Gasteiger partial charge is 0.0103 e. The summed E-state index contributed by atoms with van der Waals surface area (Å²) in [5, 5.41) is 0. The van der Waals surface area contributed by atoms with Crippen LogP contribution in [0.2, 0.25) is 0 Å². The summed E-state index contributed by atoms with van der Waals surface area (Å²) >= 11 is 0. The van der Waals surface area contributed by atoms with Gasteiger partial charge in [0.1, 0.15) is 0 Å². The molecule has 0 fully saturated rings. The second-order valence-electron chi connectivity index (χ2n) is 2.61. The Bertz CT molecular complexity index is 47.0. The molecule has 3 heteroatoms. The van der Waals surface area contributed by atoms with Gasteiger partial charge in [-0.25, -0.2) is 0 Å². The molecule has 0 atom stereocenters. The molecule has 2 nitrogen and oxygen atoms in total. The molecule has 0 bridgehead atoms. The molecule has 0 aliphatic rings. The monoisotopic (exact) mass is 123 g/mol. The van der Waals surface area contributed by atoms with Crippen LogP contribution >= 0.6 is 0 Å². The second-order valence-corrected chi connectivity index (χ2v) is 2.61. The Morgan fingerprint density at radius 3 is 1.11 bits per heavy atom. The third-order valence-electron chi connectivity index (χ3n) is 0.994. The standard InChI is InChI=1S/C6H16N2.Li/c1-7(2)5-6-8(3)4;/h5-6H2,1-4H3;. The van der Waals surface area contributed by atoms with Gasteiger partial charge in [0.2, 0.25) is 0 Å². The van der Waals surface area contributed by atoms with E-state index < -0.39 is 0 Å². The minimum atomic E-state index is 0. The van der Waals surface area contributed by atoms with Crippen LogP contribution in [0, 0.1) is 0 Å². The van der Waals surface area contributed by atoms with Crippen molar-refractivity contribution < 1.29 is 0 Å². The molecule has 0 saturated heterocycles. The van der Waals surface area contributed by atoms with Gasteiger partial charge < -0.3 is 9.80 Å². The van der Waals surface area contributed by atoms with Crippen LogP contribution in [0.1, 0.15) is 0 Å². The normalized spacial score (nSPS) is 10.0. The molecule has 51 valence electrons. The minimum Gasteiger partial charge on any atom is -0.308 e. The average Bonchev–Trinajstić information content (AvgIpc) is 1.61.